The van der Waals surface area contributed by atoms with Gasteiger partial charge in [-0.2, -0.15) is 5.10 Å². The van der Waals surface area contributed by atoms with Crippen LogP contribution < -0.4 is 0 Å². The number of aromatic amines is 1. The molecule has 1 atom stereocenters. The Morgan fingerprint density at radius 2 is 2.15 bits per heavy atom. The van der Waals surface area contributed by atoms with Crippen LogP contribution in [0.3, 0.4) is 0 Å². The second-order valence-electron chi connectivity index (χ2n) is 5.82. The first-order valence-electron chi connectivity index (χ1n) is 7.15. The van der Waals surface area contributed by atoms with E-state index in [1.807, 2.05) is 26.2 Å². The molecular weight excluding hydrogens is 250 g/mol. The van der Waals surface area contributed by atoms with Gasteiger partial charge in [-0.25, -0.2) is 0 Å². The van der Waals surface area contributed by atoms with Gasteiger partial charge in [0.15, 0.2) is 0 Å². The van der Waals surface area contributed by atoms with Gasteiger partial charge in [0.2, 0.25) is 0 Å². The molecule has 0 unspecified atom stereocenters. The SMILES string of the molecule is Cc1n[nH]c(C)c1-c1cnc(C[C@H]2CCN(C)C2)cn1. The number of hydrogen-bond acceptors (Lipinski definition) is 4. The average molecular weight is 271 g/mol. The van der Waals surface area contributed by atoms with Crippen molar-refractivity contribution in [3.63, 3.8) is 0 Å². The first kappa shape index (κ1) is 13.2. The summed E-state index contributed by atoms with van der Waals surface area (Å²) >= 11 is 0. The Labute approximate surface area is 119 Å². The summed E-state index contributed by atoms with van der Waals surface area (Å²) in [7, 11) is 2.18. The van der Waals surface area contributed by atoms with Crippen LogP contribution in [0, 0.1) is 19.8 Å². The van der Waals surface area contributed by atoms with Gasteiger partial charge >= 0.3 is 0 Å². The summed E-state index contributed by atoms with van der Waals surface area (Å²) in [4.78, 5) is 11.5. The minimum Gasteiger partial charge on any atom is -0.306 e. The van der Waals surface area contributed by atoms with E-state index in [1.54, 1.807) is 0 Å². The van der Waals surface area contributed by atoms with E-state index in [1.165, 1.54) is 19.5 Å². The first-order chi connectivity index (χ1) is 9.63. The largest absolute Gasteiger partial charge is 0.306 e. The monoisotopic (exact) mass is 271 g/mol. The highest BCUT2D eigenvalue weighted by Gasteiger charge is 2.20. The van der Waals surface area contributed by atoms with Gasteiger partial charge in [0.25, 0.3) is 0 Å². The molecule has 3 rings (SSSR count). The van der Waals surface area contributed by atoms with Gasteiger partial charge in [0, 0.05) is 24.0 Å². The molecule has 0 amide bonds. The normalized spacial score (nSPS) is 19.6. The van der Waals surface area contributed by atoms with Crippen molar-refractivity contribution in [2.75, 3.05) is 20.1 Å². The molecule has 0 saturated carbocycles. The van der Waals surface area contributed by atoms with Crippen LogP contribution >= 0.6 is 0 Å². The number of H-pyrrole nitrogens is 1. The predicted molar refractivity (Wildman–Crippen MR) is 78.4 cm³/mol. The molecule has 1 aliphatic rings. The van der Waals surface area contributed by atoms with Crippen LogP contribution in [0.2, 0.25) is 0 Å². The topological polar surface area (TPSA) is 57.7 Å². The molecule has 2 aromatic rings. The zero-order chi connectivity index (χ0) is 14.1. The molecule has 1 fully saturated rings. The van der Waals surface area contributed by atoms with E-state index in [4.69, 9.17) is 0 Å². The molecule has 20 heavy (non-hydrogen) atoms. The van der Waals surface area contributed by atoms with E-state index in [2.05, 4.69) is 32.1 Å². The highest BCUT2D eigenvalue weighted by molar-refractivity contribution is 5.63. The van der Waals surface area contributed by atoms with Crippen LogP contribution in [-0.4, -0.2) is 45.2 Å². The lowest BCUT2D eigenvalue weighted by Crippen LogP contribution is -2.15. The van der Waals surface area contributed by atoms with Crippen molar-refractivity contribution in [3.8, 4) is 11.3 Å². The fourth-order valence-corrected chi connectivity index (χ4v) is 3.01. The van der Waals surface area contributed by atoms with Gasteiger partial charge in [-0.1, -0.05) is 0 Å². The number of nitrogens with zero attached hydrogens (tertiary/aromatic N) is 4. The highest BCUT2D eigenvalue weighted by Crippen LogP contribution is 2.23. The Kier molecular flexibility index (Phi) is 3.53. The minimum absolute atomic E-state index is 0.720. The lowest BCUT2D eigenvalue weighted by Gasteiger charge is -2.09. The quantitative estimate of drug-likeness (QED) is 0.927. The second-order valence-corrected chi connectivity index (χ2v) is 5.82. The maximum Gasteiger partial charge on any atom is 0.0922 e. The van der Waals surface area contributed by atoms with E-state index in [0.29, 0.717) is 0 Å². The zero-order valence-electron chi connectivity index (χ0n) is 12.3. The van der Waals surface area contributed by atoms with Gasteiger partial charge in [-0.3, -0.25) is 15.1 Å². The fraction of sp³-hybridized carbons (Fsp3) is 0.533. The molecule has 5 nitrogen and oxygen atoms in total. The second kappa shape index (κ2) is 5.32. The first-order valence-corrected chi connectivity index (χ1v) is 7.15. The molecule has 1 N–H and O–H groups in total. The molecule has 2 aromatic heterocycles. The Morgan fingerprint density at radius 1 is 1.30 bits per heavy atom. The van der Waals surface area contributed by atoms with Gasteiger partial charge in [0.1, 0.15) is 0 Å². The minimum atomic E-state index is 0.720. The smallest absolute Gasteiger partial charge is 0.0922 e. The molecular formula is C15H21N5. The molecule has 3 heterocycles. The molecule has 1 aliphatic heterocycles. The molecule has 1 saturated heterocycles. The lowest BCUT2D eigenvalue weighted by atomic mass is 10.0. The van der Waals surface area contributed by atoms with Crippen LogP contribution in [0.25, 0.3) is 11.3 Å². The van der Waals surface area contributed by atoms with Gasteiger partial charge in [0.05, 0.1) is 23.3 Å². The predicted octanol–water partition coefficient (Wildman–Crippen LogP) is 1.98. The highest BCUT2D eigenvalue weighted by atomic mass is 15.1. The number of aromatic nitrogens is 4. The summed E-state index contributed by atoms with van der Waals surface area (Å²) in [5, 5.41) is 7.20. The van der Waals surface area contributed by atoms with Gasteiger partial charge in [-0.05, 0) is 46.2 Å². The summed E-state index contributed by atoms with van der Waals surface area (Å²) in [5.41, 5.74) is 5.09. The van der Waals surface area contributed by atoms with Crippen molar-refractivity contribution in [2.24, 2.45) is 5.92 Å². The van der Waals surface area contributed by atoms with Crippen LogP contribution in [-0.2, 0) is 6.42 Å². The third-order valence-electron chi connectivity index (χ3n) is 4.08. The molecule has 0 aliphatic carbocycles. The molecule has 0 aromatic carbocycles. The Balaban J connectivity index is 1.75. The van der Waals surface area contributed by atoms with Crippen molar-refractivity contribution < 1.29 is 0 Å². The average Bonchev–Trinajstić information content (AvgIpc) is 2.98. The lowest BCUT2D eigenvalue weighted by molar-refractivity contribution is 0.393. The third-order valence-corrected chi connectivity index (χ3v) is 4.08. The van der Waals surface area contributed by atoms with Crippen LogP contribution in [0.15, 0.2) is 12.4 Å². The van der Waals surface area contributed by atoms with Crippen molar-refractivity contribution in [1.29, 1.82) is 0 Å². The van der Waals surface area contributed by atoms with Crippen molar-refractivity contribution in [3.05, 3.63) is 29.5 Å². The fourth-order valence-electron chi connectivity index (χ4n) is 3.01. The standard InChI is InChI=1S/C15H21N5/c1-10-15(11(2)19-18-10)14-8-16-13(7-17-14)6-12-4-5-20(3)9-12/h7-8,12H,4-6,9H2,1-3H3,(H,18,19)/t12-/m1/s1. The number of rotatable bonds is 3. The summed E-state index contributed by atoms with van der Waals surface area (Å²) < 4.78 is 0. The molecule has 0 radical (unpaired) electrons. The zero-order valence-corrected chi connectivity index (χ0v) is 12.3. The molecule has 106 valence electrons. The van der Waals surface area contributed by atoms with Gasteiger partial charge < -0.3 is 4.90 Å². The Bertz CT molecular complexity index is 567. The number of aryl methyl sites for hydroxylation is 2. The van der Waals surface area contributed by atoms with E-state index < -0.39 is 0 Å². The Morgan fingerprint density at radius 3 is 2.70 bits per heavy atom. The summed E-state index contributed by atoms with van der Waals surface area (Å²) in [6, 6.07) is 0. The van der Waals surface area contributed by atoms with Crippen molar-refractivity contribution in [1.82, 2.24) is 25.1 Å². The molecule has 0 spiro atoms. The summed E-state index contributed by atoms with van der Waals surface area (Å²) in [5.74, 6) is 0.720. The van der Waals surface area contributed by atoms with E-state index in [0.717, 1.165) is 40.7 Å². The summed E-state index contributed by atoms with van der Waals surface area (Å²) in [6.45, 7) is 6.37. The maximum absolute atomic E-state index is 4.58. The Hall–Kier alpha value is -1.75. The van der Waals surface area contributed by atoms with Crippen LogP contribution in [0.1, 0.15) is 23.5 Å². The third kappa shape index (κ3) is 2.58. The van der Waals surface area contributed by atoms with Gasteiger partial charge in [-0.15, -0.1) is 0 Å². The van der Waals surface area contributed by atoms with Crippen molar-refractivity contribution in [2.45, 2.75) is 26.7 Å². The van der Waals surface area contributed by atoms with E-state index in [9.17, 15) is 0 Å². The summed E-state index contributed by atoms with van der Waals surface area (Å²) in [6.07, 6.45) is 6.08. The number of hydrogen-bond donors (Lipinski definition) is 1. The number of nitrogens with one attached hydrogen (secondary N) is 1. The van der Waals surface area contributed by atoms with Crippen molar-refractivity contribution >= 4 is 0 Å². The number of likely N-dealkylation sites (tertiary alicyclic amines) is 1. The van der Waals surface area contributed by atoms with E-state index >= 15 is 0 Å². The van der Waals surface area contributed by atoms with Crippen LogP contribution in [0.5, 0.6) is 0 Å². The van der Waals surface area contributed by atoms with Crippen LogP contribution in [0.4, 0.5) is 0 Å². The molecule has 5 heteroatoms. The molecule has 0 bridgehead atoms. The maximum atomic E-state index is 4.58. The van der Waals surface area contributed by atoms with E-state index in [-0.39, 0.29) is 0 Å².